The van der Waals surface area contributed by atoms with Crippen LogP contribution in [0.15, 0.2) is 96.1 Å². The van der Waals surface area contributed by atoms with E-state index >= 15 is 0 Å². The summed E-state index contributed by atoms with van der Waals surface area (Å²) in [6.07, 6.45) is 4.86. The van der Waals surface area contributed by atoms with Gasteiger partial charge < -0.3 is 18.9 Å². The van der Waals surface area contributed by atoms with Gasteiger partial charge in [0.1, 0.15) is 13.2 Å². The number of carbonyl (C=O) groups excluding carboxylic acids is 1. The van der Waals surface area contributed by atoms with Crippen LogP contribution >= 0.6 is 0 Å². The van der Waals surface area contributed by atoms with E-state index in [1.807, 2.05) is 84.9 Å². The summed E-state index contributed by atoms with van der Waals surface area (Å²) in [5, 5.41) is 4.10. The Kier molecular flexibility index (Phi) is 10.8. The summed E-state index contributed by atoms with van der Waals surface area (Å²) in [7, 11) is 3.20. The van der Waals surface area contributed by atoms with Gasteiger partial charge in [0.25, 0.3) is 5.91 Å². The lowest BCUT2D eigenvalue weighted by Gasteiger charge is -2.14. The highest BCUT2D eigenvalue weighted by molar-refractivity contribution is 5.95. The fourth-order valence-corrected chi connectivity index (χ4v) is 4.13. The van der Waals surface area contributed by atoms with Gasteiger partial charge in [-0.05, 0) is 77.6 Å². The Morgan fingerprint density at radius 3 is 2.05 bits per heavy atom. The predicted octanol–water partition coefficient (Wildman–Crippen LogP) is 6.97. The average molecular weight is 553 g/mol. The maximum Gasteiger partial charge on any atom is 0.271 e. The van der Waals surface area contributed by atoms with Crippen molar-refractivity contribution in [2.24, 2.45) is 5.10 Å². The number of amides is 1. The lowest BCUT2D eigenvalue weighted by molar-refractivity contribution is 0.0955. The second-order valence-corrected chi connectivity index (χ2v) is 9.46. The molecule has 0 bridgehead atoms. The maximum absolute atomic E-state index is 12.4. The lowest BCUT2D eigenvalue weighted by atomic mass is 10.1. The average Bonchev–Trinajstić information content (AvgIpc) is 3.02. The largest absolute Gasteiger partial charge is 0.493 e. The summed E-state index contributed by atoms with van der Waals surface area (Å²) in [4.78, 5) is 12.4. The molecule has 0 unspecified atom stereocenters. The molecule has 4 aromatic rings. The molecule has 0 spiro atoms. The topological polar surface area (TPSA) is 78.4 Å². The second kappa shape index (κ2) is 15.1. The third-order valence-electron chi connectivity index (χ3n) is 6.46. The minimum Gasteiger partial charge on any atom is -0.493 e. The molecule has 7 heteroatoms. The zero-order chi connectivity index (χ0) is 28.9. The summed E-state index contributed by atoms with van der Waals surface area (Å²) in [6, 6.07) is 28.8. The van der Waals surface area contributed by atoms with E-state index in [1.165, 1.54) is 5.56 Å². The monoisotopic (exact) mass is 552 g/mol. The molecule has 0 atom stereocenters. The van der Waals surface area contributed by atoms with Crippen LogP contribution in [0.2, 0.25) is 0 Å². The van der Waals surface area contributed by atoms with Gasteiger partial charge in [-0.25, -0.2) is 5.43 Å². The van der Waals surface area contributed by atoms with E-state index in [0.29, 0.717) is 41.8 Å². The summed E-state index contributed by atoms with van der Waals surface area (Å²) < 4.78 is 23.1. The van der Waals surface area contributed by atoms with Crippen molar-refractivity contribution in [1.29, 1.82) is 0 Å². The first kappa shape index (κ1) is 29.2. The van der Waals surface area contributed by atoms with E-state index in [1.54, 1.807) is 26.5 Å². The van der Waals surface area contributed by atoms with Crippen molar-refractivity contribution < 1.29 is 23.7 Å². The number of hydrazone groups is 1. The van der Waals surface area contributed by atoms with Crippen molar-refractivity contribution in [3.8, 4) is 23.0 Å². The highest BCUT2D eigenvalue weighted by Gasteiger charge is 2.10. The van der Waals surface area contributed by atoms with Crippen LogP contribution in [0.4, 0.5) is 0 Å². The standard InChI is InChI=1S/C34H36N2O5/c1-4-5-9-25-12-16-29(17-13-25)34(37)36-35-22-27-14-18-30(32(20-27)38-2)41-24-28-15-19-31(33(21-28)39-3)40-23-26-10-7-6-8-11-26/h6-8,10-22H,4-5,9,23-24H2,1-3H3,(H,36,37)/b35-22+. The zero-order valence-electron chi connectivity index (χ0n) is 23.8. The Morgan fingerprint density at radius 1 is 0.732 bits per heavy atom. The Balaban J connectivity index is 1.32. The highest BCUT2D eigenvalue weighted by atomic mass is 16.5. The third-order valence-corrected chi connectivity index (χ3v) is 6.46. The van der Waals surface area contributed by atoms with Gasteiger partial charge in [0, 0.05) is 5.56 Å². The van der Waals surface area contributed by atoms with Gasteiger partial charge in [-0.3, -0.25) is 4.79 Å². The van der Waals surface area contributed by atoms with E-state index in [9.17, 15) is 4.79 Å². The zero-order valence-corrected chi connectivity index (χ0v) is 23.8. The molecule has 212 valence electrons. The molecular formula is C34H36N2O5. The number of methoxy groups -OCH3 is 2. The molecule has 0 saturated carbocycles. The number of ether oxygens (including phenoxy) is 4. The molecule has 0 aliphatic rings. The van der Waals surface area contributed by atoms with Crippen LogP contribution in [0.25, 0.3) is 0 Å². The van der Waals surface area contributed by atoms with Crippen LogP contribution in [0.5, 0.6) is 23.0 Å². The second-order valence-electron chi connectivity index (χ2n) is 9.46. The molecule has 1 amide bonds. The van der Waals surface area contributed by atoms with E-state index in [-0.39, 0.29) is 5.91 Å². The van der Waals surface area contributed by atoms with Crippen molar-refractivity contribution >= 4 is 12.1 Å². The van der Waals surface area contributed by atoms with Crippen LogP contribution in [0.1, 0.15) is 52.4 Å². The molecule has 0 aliphatic heterocycles. The molecule has 0 radical (unpaired) electrons. The van der Waals surface area contributed by atoms with Crippen molar-refractivity contribution in [3.63, 3.8) is 0 Å². The summed E-state index contributed by atoms with van der Waals surface area (Å²) in [5.41, 5.74) is 7.13. The van der Waals surface area contributed by atoms with Crippen molar-refractivity contribution in [1.82, 2.24) is 5.43 Å². The van der Waals surface area contributed by atoms with Crippen molar-refractivity contribution in [3.05, 3.63) is 119 Å². The number of hydrogen-bond donors (Lipinski definition) is 1. The molecule has 0 aromatic heterocycles. The van der Waals surface area contributed by atoms with Crippen molar-refractivity contribution in [2.75, 3.05) is 14.2 Å². The number of benzene rings is 4. The van der Waals surface area contributed by atoms with Gasteiger partial charge >= 0.3 is 0 Å². The number of aryl methyl sites for hydroxylation is 1. The molecule has 0 aliphatic carbocycles. The maximum atomic E-state index is 12.4. The molecule has 7 nitrogen and oxygen atoms in total. The smallest absolute Gasteiger partial charge is 0.271 e. The number of rotatable bonds is 14. The Labute approximate surface area is 241 Å². The van der Waals surface area contributed by atoms with Gasteiger partial charge in [0.2, 0.25) is 0 Å². The molecular weight excluding hydrogens is 516 g/mol. The number of hydrogen-bond acceptors (Lipinski definition) is 6. The van der Waals surface area contributed by atoms with Gasteiger partial charge in [-0.2, -0.15) is 5.10 Å². The fraction of sp³-hybridized carbons (Fsp3) is 0.235. The van der Waals surface area contributed by atoms with Crippen LogP contribution < -0.4 is 24.4 Å². The SMILES string of the molecule is CCCCc1ccc(C(=O)N/N=C/c2ccc(OCc3ccc(OCc4ccccc4)c(OC)c3)c(OC)c2)cc1. The normalized spacial score (nSPS) is 10.8. The predicted molar refractivity (Wildman–Crippen MR) is 161 cm³/mol. The molecule has 41 heavy (non-hydrogen) atoms. The lowest BCUT2D eigenvalue weighted by Crippen LogP contribution is -2.17. The van der Waals surface area contributed by atoms with E-state index < -0.39 is 0 Å². The van der Waals surface area contributed by atoms with Gasteiger partial charge in [0.15, 0.2) is 23.0 Å². The minimum absolute atomic E-state index is 0.262. The minimum atomic E-state index is -0.262. The van der Waals surface area contributed by atoms with Gasteiger partial charge in [-0.1, -0.05) is 61.9 Å². The summed E-state index contributed by atoms with van der Waals surface area (Å²) >= 11 is 0. The van der Waals surface area contributed by atoms with E-state index in [4.69, 9.17) is 18.9 Å². The molecule has 4 aromatic carbocycles. The van der Waals surface area contributed by atoms with Crippen LogP contribution in [-0.4, -0.2) is 26.3 Å². The first-order valence-corrected chi connectivity index (χ1v) is 13.7. The first-order chi connectivity index (χ1) is 20.1. The first-order valence-electron chi connectivity index (χ1n) is 13.7. The third kappa shape index (κ3) is 8.60. The quantitative estimate of drug-likeness (QED) is 0.135. The van der Waals surface area contributed by atoms with E-state index in [0.717, 1.165) is 36.0 Å². The van der Waals surface area contributed by atoms with Gasteiger partial charge in [0.05, 0.1) is 20.4 Å². The Morgan fingerprint density at radius 2 is 1.37 bits per heavy atom. The number of unbranched alkanes of at least 4 members (excludes halogenated alkanes) is 1. The van der Waals surface area contributed by atoms with E-state index in [2.05, 4.69) is 17.5 Å². The van der Waals surface area contributed by atoms with Crippen LogP contribution in [0.3, 0.4) is 0 Å². The Bertz CT molecular complexity index is 1440. The molecule has 0 saturated heterocycles. The van der Waals surface area contributed by atoms with Crippen LogP contribution in [0, 0.1) is 0 Å². The van der Waals surface area contributed by atoms with Gasteiger partial charge in [-0.15, -0.1) is 0 Å². The van der Waals surface area contributed by atoms with Crippen LogP contribution in [-0.2, 0) is 19.6 Å². The molecule has 0 fully saturated rings. The fourth-order valence-electron chi connectivity index (χ4n) is 4.13. The Hall–Kier alpha value is -4.78. The molecule has 0 heterocycles. The number of nitrogens with zero attached hydrogens (tertiary/aromatic N) is 1. The number of nitrogens with one attached hydrogen (secondary N) is 1. The van der Waals surface area contributed by atoms with Crippen molar-refractivity contribution in [2.45, 2.75) is 39.4 Å². The number of carbonyl (C=O) groups is 1. The molecule has 4 rings (SSSR count). The molecule has 1 N–H and O–H groups in total. The summed E-state index contributed by atoms with van der Waals surface area (Å²) in [6.45, 7) is 2.93. The highest BCUT2D eigenvalue weighted by Crippen LogP contribution is 2.31. The summed E-state index contributed by atoms with van der Waals surface area (Å²) in [5.74, 6) is 2.17.